The third-order valence-corrected chi connectivity index (χ3v) is 2.77. The van der Waals surface area contributed by atoms with E-state index < -0.39 is 29.0 Å². The van der Waals surface area contributed by atoms with Crippen molar-refractivity contribution in [1.82, 2.24) is 0 Å². The average Bonchev–Trinajstić information content (AvgIpc) is 2.38. The minimum atomic E-state index is -4.54. The zero-order chi connectivity index (χ0) is 14.9. The fourth-order valence-electron chi connectivity index (χ4n) is 1.86. The Morgan fingerprint density at radius 2 is 1.70 bits per heavy atom. The Morgan fingerprint density at radius 1 is 1.05 bits per heavy atom. The highest BCUT2D eigenvalue weighted by Crippen LogP contribution is 2.37. The van der Waals surface area contributed by atoms with Crippen molar-refractivity contribution < 1.29 is 28.2 Å². The van der Waals surface area contributed by atoms with Gasteiger partial charge < -0.3 is 10.2 Å². The van der Waals surface area contributed by atoms with Gasteiger partial charge in [-0.2, -0.15) is 13.2 Å². The Kier molecular flexibility index (Phi) is 3.40. The first-order valence-corrected chi connectivity index (χ1v) is 5.53. The highest BCUT2D eigenvalue weighted by atomic mass is 19.4. The van der Waals surface area contributed by atoms with Crippen LogP contribution in [0.5, 0.6) is 5.75 Å². The van der Waals surface area contributed by atoms with Crippen molar-refractivity contribution >= 4 is 5.97 Å². The maximum absolute atomic E-state index is 12.9. The molecule has 0 fully saturated rings. The SMILES string of the molecule is O=C(O)c1cc(-c2ccccc2C(F)(F)F)ccc1O. The Labute approximate surface area is 111 Å². The second kappa shape index (κ2) is 4.88. The van der Waals surface area contributed by atoms with Crippen LogP contribution in [0.15, 0.2) is 42.5 Å². The van der Waals surface area contributed by atoms with Gasteiger partial charge in [0.25, 0.3) is 0 Å². The quantitative estimate of drug-likeness (QED) is 0.881. The summed E-state index contributed by atoms with van der Waals surface area (Å²) in [6, 6.07) is 8.17. The van der Waals surface area contributed by atoms with Gasteiger partial charge in [-0.3, -0.25) is 0 Å². The maximum atomic E-state index is 12.9. The van der Waals surface area contributed by atoms with Crippen molar-refractivity contribution in [1.29, 1.82) is 0 Å². The van der Waals surface area contributed by atoms with E-state index in [1.807, 2.05) is 0 Å². The van der Waals surface area contributed by atoms with E-state index in [0.717, 1.165) is 18.2 Å². The molecule has 0 aliphatic carbocycles. The van der Waals surface area contributed by atoms with Crippen LogP contribution in [0.2, 0.25) is 0 Å². The van der Waals surface area contributed by atoms with Gasteiger partial charge in [-0.25, -0.2) is 4.79 Å². The molecule has 0 aliphatic heterocycles. The number of benzene rings is 2. The van der Waals surface area contributed by atoms with Crippen LogP contribution in [0.4, 0.5) is 13.2 Å². The molecule has 0 amide bonds. The molecular formula is C14H9F3O3. The van der Waals surface area contributed by atoms with Crippen molar-refractivity contribution in [3.05, 3.63) is 53.6 Å². The molecule has 0 atom stereocenters. The monoisotopic (exact) mass is 282 g/mol. The van der Waals surface area contributed by atoms with Gasteiger partial charge in [0.2, 0.25) is 0 Å². The Morgan fingerprint density at radius 3 is 2.30 bits per heavy atom. The average molecular weight is 282 g/mol. The molecule has 3 nitrogen and oxygen atoms in total. The molecule has 0 heterocycles. The van der Waals surface area contributed by atoms with Crippen LogP contribution >= 0.6 is 0 Å². The number of phenols is 1. The number of aromatic hydroxyl groups is 1. The fraction of sp³-hybridized carbons (Fsp3) is 0.0714. The zero-order valence-corrected chi connectivity index (χ0v) is 9.98. The molecule has 0 aromatic heterocycles. The maximum Gasteiger partial charge on any atom is 0.417 e. The highest BCUT2D eigenvalue weighted by Gasteiger charge is 2.33. The topological polar surface area (TPSA) is 57.5 Å². The van der Waals surface area contributed by atoms with E-state index in [1.165, 1.54) is 24.3 Å². The molecule has 104 valence electrons. The normalized spacial score (nSPS) is 11.3. The lowest BCUT2D eigenvalue weighted by atomic mass is 9.97. The van der Waals surface area contributed by atoms with Crippen LogP contribution in [-0.4, -0.2) is 16.2 Å². The summed E-state index contributed by atoms with van der Waals surface area (Å²) in [6.45, 7) is 0. The molecular weight excluding hydrogens is 273 g/mol. The first kappa shape index (κ1) is 13.9. The molecule has 0 saturated carbocycles. The number of aromatic carboxylic acids is 1. The fourth-order valence-corrected chi connectivity index (χ4v) is 1.86. The largest absolute Gasteiger partial charge is 0.507 e. The Hall–Kier alpha value is -2.50. The number of hydrogen-bond donors (Lipinski definition) is 2. The van der Waals surface area contributed by atoms with E-state index in [2.05, 4.69) is 0 Å². The summed E-state index contributed by atoms with van der Waals surface area (Å²) in [5.41, 5.74) is -1.36. The van der Waals surface area contributed by atoms with Crippen LogP contribution in [0.1, 0.15) is 15.9 Å². The molecule has 0 bridgehead atoms. The van der Waals surface area contributed by atoms with Crippen molar-refractivity contribution in [2.24, 2.45) is 0 Å². The van der Waals surface area contributed by atoms with Crippen molar-refractivity contribution in [2.45, 2.75) is 6.18 Å². The molecule has 2 aromatic carbocycles. The molecule has 6 heteroatoms. The van der Waals surface area contributed by atoms with Gasteiger partial charge in [-0.05, 0) is 29.3 Å². The third-order valence-electron chi connectivity index (χ3n) is 2.77. The zero-order valence-electron chi connectivity index (χ0n) is 9.98. The number of halogens is 3. The number of carboxylic acid groups (broad SMARTS) is 1. The predicted molar refractivity (Wildman–Crippen MR) is 65.5 cm³/mol. The molecule has 2 rings (SSSR count). The first-order valence-electron chi connectivity index (χ1n) is 5.53. The molecule has 0 spiro atoms. The number of rotatable bonds is 2. The van der Waals surface area contributed by atoms with Crippen LogP contribution in [-0.2, 0) is 6.18 Å². The number of alkyl halides is 3. The molecule has 0 unspecified atom stereocenters. The lowest BCUT2D eigenvalue weighted by Crippen LogP contribution is -2.07. The Balaban J connectivity index is 2.64. The van der Waals surface area contributed by atoms with Crippen molar-refractivity contribution in [3.8, 4) is 16.9 Å². The van der Waals surface area contributed by atoms with Gasteiger partial charge in [0.1, 0.15) is 11.3 Å². The number of carboxylic acids is 1. The second-order valence-corrected chi connectivity index (χ2v) is 4.08. The third kappa shape index (κ3) is 2.59. The van der Waals surface area contributed by atoms with Gasteiger partial charge in [0, 0.05) is 0 Å². The van der Waals surface area contributed by atoms with Crippen LogP contribution in [0.3, 0.4) is 0 Å². The molecule has 0 radical (unpaired) electrons. The van der Waals surface area contributed by atoms with E-state index in [9.17, 15) is 23.1 Å². The van der Waals surface area contributed by atoms with Crippen molar-refractivity contribution in [3.63, 3.8) is 0 Å². The van der Waals surface area contributed by atoms with Crippen LogP contribution in [0.25, 0.3) is 11.1 Å². The van der Waals surface area contributed by atoms with E-state index in [0.29, 0.717) is 0 Å². The second-order valence-electron chi connectivity index (χ2n) is 4.08. The van der Waals surface area contributed by atoms with E-state index in [-0.39, 0.29) is 11.1 Å². The Bertz CT molecular complexity index is 663. The minimum absolute atomic E-state index is 0.0770. The first-order chi connectivity index (χ1) is 9.30. The summed E-state index contributed by atoms with van der Waals surface area (Å²) in [6.07, 6.45) is -4.54. The van der Waals surface area contributed by atoms with Gasteiger partial charge in [0.15, 0.2) is 0 Å². The van der Waals surface area contributed by atoms with Gasteiger partial charge >= 0.3 is 12.1 Å². The summed E-state index contributed by atoms with van der Waals surface area (Å²) in [4.78, 5) is 10.9. The number of hydrogen-bond acceptors (Lipinski definition) is 2. The summed E-state index contributed by atoms with van der Waals surface area (Å²) in [7, 11) is 0. The van der Waals surface area contributed by atoms with Crippen LogP contribution < -0.4 is 0 Å². The van der Waals surface area contributed by atoms with Gasteiger partial charge in [-0.1, -0.05) is 24.3 Å². The predicted octanol–water partition coefficient (Wildman–Crippen LogP) is 3.78. The van der Waals surface area contributed by atoms with E-state index >= 15 is 0 Å². The minimum Gasteiger partial charge on any atom is -0.507 e. The van der Waals surface area contributed by atoms with Gasteiger partial charge in [-0.15, -0.1) is 0 Å². The van der Waals surface area contributed by atoms with E-state index in [1.54, 1.807) is 0 Å². The molecule has 0 saturated heterocycles. The van der Waals surface area contributed by atoms with Crippen molar-refractivity contribution in [2.75, 3.05) is 0 Å². The highest BCUT2D eigenvalue weighted by molar-refractivity contribution is 5.92. The lowest BCUT2D eigenvalue weighted by Gasteiger charge is -2.13. The smallest absolute Gasteiger partial charge is 0.417 e. The number of carbonyl (C=O) groups is 1. The summed E-state index contributed by atoms with van der Waals surface area (Å²) in [5.74, 6) is -1.90. The molecule has 2 N–H and O–H groups in total. The summed E-state index contributed by atoms with van der Waals surface area (Å²) >= 11 is 0. The lowest BCUT2D eigenvalue weighted by molar-refractivity contribution is -0.137. The van der Waals surface area contributed by atoms with E-state index in [4.69, 9.17) is 5.11 Å². The summed E-state index contributed by atoms with van der Waals surface area (Å²) in [5, 5.41) is 18.3. The molecule has 2 aromatic rings. The van der Waals surface area contributed by atoms with Gasteiger partial charge in [0.05, 0.1) is 5.56 Å². The molecule has 0 aliphatic rings. The standard InChI is InChI=1S/C14H9F3O3/c15-14(16,17)11-4-2-1-3-9(11)8-5-6-12(18)10(7-8)13(19)20/h1-7,18H,(H,19,20). The summed E-state index contributed by atoms with van der Waals surface area (Å²) < 4.78 is 38.7. The van der Waals surface area contributed by atoms with Crippen LogP contribution in [0, 0.1) is 0 Å². The molecule has 20 heavy (non-hydrogen) atoms.